The van der Waals surface area contributed by atoms with Crippen LogP contribution in [0, 0.1) is 5.92 Å². The van der Waals surface area contributed by atoms with E-state index in [1.165, 1.54) is 19.3 Å². The van der Waals surface area contributed by atoms with Crippen molar-refractivity contribution in [3.05, 3.63) is 24.5 Å². The van der Waals surface area contributed by atoms with E-state index in [4.69, 9.17) is 5.73 Å². The molecule has 1 aromatic carbocycles. The van der Waals surface area contributed by atoms with Crippen molar-refractivity contribution in [2.75, 3.05) is 17.2 Å². The molecule has 2 N–H and O–H groups in total. The standard InChI is InChI=1S/C14H16N4/c15-10-2-4-13-12(6-10)14(17-8-16-13)18-7-9-1-3-11(18)5-9/h2,4,6,8-9,11H,1,3,5,7,15H2. The third-order valence-corrected chi connectivity index (χ3v) is 4.32. The highest BCUT2D eigenvalue weighted by Crippen LogP contribution is 2.41. The summed E-state index contributed by atoms with van der Waals surface area (Å²) in [4.78, 5) is 11.3. The van der Waals surface area contributed by atoms with Gasteiger partial charge in [-0.3, -0.25) is 0 Å². The van der Waals surface area contributed by atoms with E-state index in [0.29, 0.717) is 6.04 Å². The van der Waals surface area contributed by atoms with Gasteiger partial charge < -0.3 is 10.6 Å². The number of anilines is 2. The fraction of sp³-hybridized carbons (Fsp3) is 0.429. The van der Waals surface area contributed by atoms with E-state index in [2.05, 4.69) is 14.9 Å². The molecule has 0 radical (unpaired) electrons. The topological polar surface area (TPSA) is 55.0 Å². The Morgan fingerprint density at radius 3 is 2.94 bits per heavy atom. The van der Waals surface area contributed by atoms with Gasteiger partial charge in [-0.1, -0.05) is 0 Å². The fourth-order valence-electron chi connectivity index (χ4n) is 3.47. The van der Waals surface area contributed by atoms with Crippen LogP contribution < -0.4 is 10.6 Å². The highest BCUT2D eigenvalue weighted by atomic mass is 15.2. The summed E-state index contributed by atoms with van der Waals surface area (Å²) in [5.41, 5.74) is 7.66. The lowest BCUT2D eigenvalue weighted by Crippen LogP contribution is -2.32. The second-order valence-electron chi connectivity index (χ2n) is 5.46. The molecule has 1 aromatic heterocycles. The van der Waals surface area contributed by atoms with Crippen LogP contribution in [0.15, 0.2) is 24.5 Å². The Labute approximate surface area is 106 Å². The number of nitrogen functional groups attached to an aromatic ring is 1. The van der Waals surface area contributed by atoms with Crippen molar-refractivity contribution in [2.45, 2.75) is 25.3 Å². The minimum absolute atomic E-state index is 0.675. The van der Waals surface area contributed by atoms with E-state index in [1.807, 2.05) is 18.2 Å². The van der Waals surface area contributed by atoms with Gasteiger partial charge >= 0.3 is 0 Å². The lowest BCUT2D eigenvalue weighted by atomic mass is 10.1. The Balaban J connectivity index is 1.87. The zero-order valence-corrected chi connectivity index (χ0v) is 10.2. The van der Waals surface area contributed by atoms with E-state index in [1.54, 1.807) is 6.33 Å². The molecular weight excluding hydrogens is 224 g/mol. The SMILES string of the molecule is Nc1ccc2ncnc(N3CC4CCC3C4)c2c1. The van der Waals surface area contributed by atoms with Gasteiger partial charge in [0.1, 0.15) is 12.1 Å². The average Bonchev–Trinajstić information content (AvgIpc) is 3.00. The molecule has 2 heterocycles. The molecule has 2 unspecified atom stereocenters. The van der Waals surface area contributed by atoms with Gasteiger partial charge in [-0.05, 0) is 43.4 Å². The molecule has 4 heteroatoms. The monoisotopic (exact) mass is 240 g/mol. The second kappa shape index (κ2) is 3.57. The predicted octanol–water partition coefficient (Wildman–Crippen LogP) is 2.20. The molecule has 18 heavy (non-hydrogen) atoms. The van der Waals surface area contributed by atoms with Crippen LogP contribution in [-0.2, 0) is 0 Å². The summed E-state index contributed by atoms with van der Waals surface area (Å²) in [5.74, 6) is 1.93. The first-order chi connectivity index (χ1) is 8.81. The number of fused-ring (bicyclic) bond motifs is 3. The summed E-state index contributed by atoms with van der Waals surface area (Å²) in [6, 6.07) is 6.55. The largest absolute Gasteiger partial charge is 0.399 e. The van der Waals surface area contributed by atoms with Crippen LogP contribution in [-0.4, -0.2) is 22.6 Å². The van der Waals surface area contributed by atoms with Crippen molar-refractivity contribution in [3.63, 3.8) is 0 Å². The van der Waals surface area contributed by atoms with Crippen LogP contribution in [0.3, 0.4) is 0 Å². The van der Waals surface area contributed by atoms with Gasteiger partial charge in [0.25, 0.3) is 0 Å². The maximum atomic E-state index is 5.89. The Kier molecular flexibility index (Phi) is 2.01. The van der Waals surface area contributed by atoms with Crippen LogP contribution in [0.5, 0.6) is 0 Å². The van der Waals surface area contributed by atoms with Gasteiger partial charge in [-0.15, -0.1) is 0 Å². The molecular formula is C14H16N4. The molecule has 4 nitrogen and oxygen atoms in total. The highest BCUT2D eigenvalue weighted by molar-refractivity contribution is 5.91. The fourth-order valence-corrected chi connectivity index (χ4v) is 3.47. The summed E-state index contributed by atoms with van der Waals surface area (Å²) in [5, 5.41) is 1.09. The molecule has 2 aromatic rings. The van der Waals surface area contributed by atoms with Crippen LogP contribution >= 0.6 is 0 Å². The summed E-state index contributed by atoms with van der Waals surface area (Å²) in [6.07, 6.45) is 5.68. The van der Waals surface area contributed by atoms with E-state index in [9.17, 15) is 0 Å². The first kappa shape index (κ1) is 10.1. The molecule has 2 fully saturated rings. The quantitative estimate of drug-likeness (QED) is 0.776. The summed E-state index contributed by atoms with van der Waals surface area (Å²) in [6.45, 7) is 1.14. The molecule has 92 valence electrons. The summed E-state index contributed by atoms with van der Waals surface area (Å²) >= 11 is 0. The summed E-state index contributed by atoms with van der Waals surface area (Å²) < 4.78 is 0. The first-order valence-electron chi connectivity index (χ1n) is 6.58. The van der Waals surface area contributed by atoms with Crippen LogP contribution in [0.4, 0.5) is 11.5 Å². The molecule has 2 atom stereocenters. The van der Waals surface area contributed by atoms with E-state index in [0.717, 1.165) is 34.9 Å². The number of nitrogens with two attached hydrogens (primary N) is 1. The Morgan fingerprint density at radius 2 is 2.17 bits per heavy atom. The Bertz CT molecular complexity index is 610. The minimum Gasteiger partial charge on any atom is -0.399 e. The second-order valence-corrected chi connectivity index (χ2v) is 5.46. The smallest absolute Gasteiger partial charge is 0.140 e. The normalized spacial score (nSPS) is 26.1. The van der Waals surface area contributed by atoms with Gasteiger partial charge in [-0.2, -0.15) is 0 Å². The van der Waals surface area contributed by atoms with Crippen molar-refractivity contribution in [1.82, 2.24) is 9.97 Å². The minimum atomic E-state index is 0.675. The van der Waals surface area contributed by atoms with Crippen molar-refractivity contribution in [1.29, 1.82) is 0 Å². The lowest BCUT2D eigenvalue weighted by molar-refractivity contribution is 0.551. The maximum absolute atomic E-state index is 5.89. The van der Waals surface area contributed by atoms with Crippen LogP contribution in [0.1, 0.15) is 19.3 Å². The number of benzene rings is 1. The zero-order chi connectivity index (χ0) is 12.1. The van der Waals surface area contributed by atoms with E-state index >= 15 is 0 Å². The molecule has 1 aliphatic heterocycles. The van der Waals surface area contributed by atoms with Gasteiger partial charge in [0.05, 0.1) is 5.52 Å². The molecule has 2 aliphatic rings. The van der Waals surface area contributed by atoms with E-state index < -0.39 is 0 Å². The van der Waals surface area contributed by atoms with Crippen molar-refractivity contribution < 1.29 is 0 Å². The average molecular weight is 240 g/mol. The molecule has 1 saturated carbocycles. The van der Waals surface area contributed by atoms with Crippen LogP contribution in [0.2, 0.25) is 0 Å². The molecule has 0 amide bonds. The molecule has 1 saturated heterocycles. The summed E-state index contributed by atoms with van der Waals surface area (Å²) in [7, 11) is 0. The zero-order valence-electron chi connectivity index (χ0n) is 10.2. The van der Waals surface area contributed by atoms with Gasteiger partial charge in [-0.25, -0.2) is 9.97 Å². The molecule has 2 bridgehead atoms. The van der Waals surface area contributed by atoms with Crippen molar-refractivity contribution >= 4 is 22.4 Å². The number of hydrogen-bond donors (Lipinski definition) is 1. The number of piperidine rings is 1. The lowest BCUT2D eigenvalue weighted by Gasteiger charge is -2.28. The Morgan fingerprint density at radius 1 is 1.22 bits per heavy atom. The van der Waals surface area contributed by atoms with Crippen LogP contribution in [0.25, 0.3) is 10.9 Å². The van der Waals surface area contributed by atoms with Crippen molar-refractivity contribution in [3.8, 4) is 0 Å². The molecule has 0 spiro atoms. The first-order valence-corrected chi connectivity index (χ1v) is 6.58. The van der Waals surface area contributed by atoms with Gasteiger partial charge in [0, 0.05) is 23.7 Å². The number of aromatic nitrogens is 2. The third kappa shape index (κ3) is 1.38. The molecule has 4 rings (SSSR count). The third-order valence-electron chi connectivity index (χ3n) is 4.32. The number of hydrogen-bond acceptors (Lipinski definition) is 4. The van der Waals surface area contributed by atoms with Crippen molar-refractivity contribution in [2.24, 2.45) is 5.92 Å². The predicted molar refractivity (Wildman–Crippen MR) is 72.4 cm³/mol. The van der Waals surface area contributed by atoms with Gasteiger partial charge in [0.15, 0.2) is 0 Å². The van der Waals surface area contributed by atoms with E-state index in [-0.39, 0.29) is 0 Å². The number of rotatable bonds is 1. The highest BCUT2D eigenvalue weighted by Gasteiger charge is 2.38. The maximum Gasteiger partial charge on any atom is 0.140 e. The Hall–Kier alpha value is -1.84. The van der Waals surface area contributed by atoms with Gasteiger partial charge in [0.2, 0.25) is 0 Å². The number of nitrogens with zero attached hydrogens (tertiary/aromatic N) is 3. The molecule has 1 aliphatic carbocycles.